The molecule has 0 spiro atoms. The van der Waals surface area contributed by atoms with Crippen LogP contribution in [0.15, 0.2) is 24.3 Å². The summed E-state index contributed by atoms with van der Waals surface area (Å²) in [7, 11) is 0. The molecule has 0 fully saturated rings. The molecule has 0 unspecified atom stereocenters. The van der Waals surface area contributed by atoms with Crippen LogP contribution < -0.4 is 10.6 Å². The van der Waals surface area contributed by atoms with Crippen LogP contribution >= 0.6 is 11.6 Å². The monoisotopic (exact) mass is 270 g/mol. The summed E-state index contributed by atoms with van der Waals surface area (Å²) in [6.07, 6.45) is 0. The highest BCUT2D eigenvalue weighted by molar-refractivity contribution is 6.18. The van der Waals surface area contributed by atoms with Crippen molar-refractivity contribution in [2.75, 3.05) is 17.7 Å². The molecule has 18 heavy (non-hydrogen) atoms. The normalized spacial score (nSPS) is 11.7. The lowest BCUT2D eigenvalue weighted by molar-refractivity contribution is -0.138. The van der Waals surface area contributed by atoms with E-state index in [9.17, 15) is 9.59 Å². The zero-order valence-electron chi connectivity index (χ0n) is 9.94. The second-order valence-electron chi connectivity index (χ2n) is 3.75. The quantitative estimate of drug-likeness (QED) is 0.718. The van der Waals surface area contributed by atoms with Crippen molar-refractivity contribution in [3.8, 4) is 0 Å². The number of urea groups is 1. The maximum atomic E-state index is 11.3. The van der Waals surface area contributed by atoms with Crippen molar-refractivity contribution in [2.24, 2.45) is 0 Å². The minimum atomic E-state index is -0.879. The highest BCUT2D eigenvalue weighted by Crippen LogP contribution is 2.18. The van der Waals surface area contributed by atoms with Gasteiger partial charge in [0.25, 0.3) is 0 Å². The molecule has 1 atom stereocenters. The van der Waals surface area contributed by atoms with Gasteiger partial charge in [-0.15, -0.1) is 11.6 Å². The molecule has 2 amide bonds. The van der Waals surface area contributed by atoms with Gasteiger partial charge in [-0.05, 0) is 24.6 Å². The summed E-state index contributed by atoms with van der Waals surface area (Å²) in [5.41, 5.74) is 1.29. The first kappa shape index (κ1) is 14.3. The highest BCUT2D eigenvalue weighted by atomic mass is 35.5. The Morgan fingerprint density at radius 3 is 2.44 bits per heavy atom. The first-order valence-corrected chi connectivity index (χ1v) is 6.01. The molecule has 0 aromatic heterocycles. The smallest absolute Gasteiger partial charge is 0.319 e. The van der Waals surface area contributed by atoms with Gasteiger partial charge >= 0.3 is 12.0 Å². The molecule has 1 aromatic rings. The number of carboxylic acid groups (broad SMARTS) is 1. The third kappa shape index (κ3) is 4.25. The SMILES string of the molecule is C[C@@H](C(=O)O)c1ccc(NC(=O)NCCCl)cc1. The van der Waals surface area contributed by atoms with Gasteiger partial charge in [0.15, 0.2) is 0 Å². The molecule has 0 bridgehead atoms. The van der Waals surface area contributed by atoms with Gasteiger partial charge in [0.1, 0.15) is 0 Å². The van der Waals surface area contributed by atoms with Gasteiger partial charge in [-0.1, -0.05) is 12.1 Å². The van der Waals surface area contributed by atoms with E-state index in [4.69, 9.17) is 16.7 Å². The number of carbonyl (C=O) groups is 2. The van der Waals surface area contributed by atoms with E-state index in [1.54, 1.807) is 31.2 Å². The lowest BCUT2D eigenvalue weighted by atomic mass is 10.0. The molecular formula is C12H15ClN2O3. The number of hydrogen-bond acceptors (Lipinski definition) is 2. The molecule has 0 aliphatic rings. The zero-order valence-corrected chi connectivity index (χ0v) is 10.7. The Balaban J connectivity index is 2.60. The predicted molar refractivity (Wildman–Crippen MR) is 70.2 cm³/mol. The summed E-state index contributed by atoms with van der Waals surface area (Å²) in [4.78, 5) is 22.1. The lowest BCUT2D eigenvalue weighted by Gasteiger charge is -2.09. The fourth-order valence-corrected chi connectivity index (χ4v) is 1.43. The zero-order chi connectivity index (χ0) is 13.5. The molecule has 0 aliphatic carbocycles. The number of carboxylic acids is 1. The van der Waals surface area contributed by atoms with Gasteiger partial charge in [0, 0.05) is 18.1 Å². The van der Waals surface area contributed by atoms with Crippen molar-refractivity contribution in [1.82, 2.24) is 5.32 Å². The first-order valence-electron chi connectivity index (χ1n) is 5.48. The van der Waals surface area contributed by atoms with Gasteiger partial charge in [-0.25, -0.2) is 4.79 Å². The van der Waals surface area contributed by atoms with E-state index in [0.717, 1.165) is 0 Å². The molecule has 0 saturated carbocycles. The Hall–Kier alpha value is -1.75. The summed E-state index contributed by atoms with van der Waals surface area (Å²) in [6.45, 7) is 2.00. The maximum absolute atomic E-state index is 11.3. The average molecular weight is 271 g/mol. The Bertz CT molecular complexity index is 420. The number of nitrogens with one attached hydrogen (secondary N) is 2. The van der Waals surface area contributed by atoms with Crippen LogP contribution in [0, 0.1) is 0 Å². The number of rotatable bonds is 5. The summed E-state index contributed by atoms with van der Waals surface area (Å²) in [5.74, 6) is -1.10. The molecule has 5 nitrogen and oxygen atoms in total. The standard InChI is InChI=1S/C12H15ClN2O3/c1-8(11(16)17)9-2-4-10(5-3-9)15-12(18)14-7-6-13/h2-5,8H,6-7H2,1H3,(H,16,17)(H2,14,15,18)/t8-/m1/s1. The van der Waals surface area contributed by atoms with E-state index in [1.807, 2.05) is 0 Å². The first-order chi connectivity index (χ1) is 8.54. The minimum absolute atomic E-state index is 0.338. The highest BCUT2D eigenvalue weighted by Gasteiger charge is 2.13. The molecule has 6 heteroatoms. The summed E-state index contributed by atoms with van der Waals surface area (Å²) in [5, 5.41) is 14.0. The second-order valence-corrected chi connectivity index (χ2v) is 4.13. The van der Waals surface area contributed by atoms with Crippen LogP contribution in [0.4, 0.5) is 10.5 Å². The number of anilines is 1. The fourth-order valence-electron chi connectivity index (χ4n) is 1.33. The lowest BCUT2D eigenvalue weighted by Crippen LogP contribution is -2.30. The third-order valence-electron chi connectivity index (χ3n) is 2.42. The van der Waals surface area contributed by atoms with Crippen LogP contribution in [0.5, 0.6) is 0 Å². The Morgan fingerprint density at radius 1 is 1.33 bits per heavy atom. The predicted octanol–water partition coefficient (Wildman–Crippen LogP) is 2.24. The number of halogens is 1. The van der Waals surface area contributed by atoms with Crippen molar-refractivity contribution in [3.63, 3.8) is 0 Å². The Kier molecular flexibility index (Phi) is 5.45. The topological polar surface area (TPSA) is 78.4 Å². The van der Waals surface area contributed by atoms with Gasteiger partial charge in [0.2, 0.25) is 0 Å². The van der Waals surface area contributed by atoms with Crippen LogP contribution in [0.3, 0.4) is 0 Å². The fraction of sp³-hybridized carbons (Fsp3) is 0.333. The third-order valence-corrected chi connectivity index (χ3v) is 2.61. The van der Waals surface area contributed by atoms with Crippen LogP contribution in [0.2, 0.25) is 0 Å². The van der Waals surface area contributed by atoms with Crippen molar-refractivity contribution < 1.29 is 14.7 Å². The van der Waals surface area contributed by atoms with E-state index < -0.39 is 11.9 Å². The average Bonchev–Trinajstić information content (AvgIpc) is 2.36. The number of amides is 2. The number of aliphatic carboxylic acids is 1. The molecule has 1 aromatic carbocycles. The van der Waals surface area contributed by atoms with Crippen LogP contribution in [0.25, 0.3) is 0 Å². The molecule has 0 heterocycles. The number of alkyl halides is 1. The second kappa shape index (κ2) is 6.86. The molecule has 98 valence electrons. The van der Waals surface area contributed by atoms with E-state index in [2.05, 4.69) is 10.6 Å². The molecule has 0 saturated heterocycles. The van der Waals surface area contributed by atoms with Crippen LogP contribution in [0.1, 0.15) is 18.4 Å². The van der Waals surface area contributed by atoms with Crippen molar-refractivity contribution in [2.45, 2.75) is 12.8 Å². The number of carbonyl (C=O) groups excluding carboxylic acids is 1. The molecule has 1 rings (SSSR count). The number of hydrogen-bond donors (Lipinski definition) is 3. The van der Waals surface area contributed by atoms with Crippen LogP contribution in [-0.2, 0) is 4.79 Å². The van der Waals surface area contributed by atoms with E-state index in [0.29, 0.717) is 23.7 Å². The molecule has 0 radical (unpaired) electrons. The van der Waals surface area contributed by atoms with Crippen molar-refractivity contribution in [3.05, 3.63) is 29.8 Å². The largest absolute Gasteiger partial charge is 0.481 e. The molecule has 0 aliphatic heterocycles. The van der Waals surface area contributed by atoms with Crippen LogP contribution in [-0.4, -0.2) is 29.5 Å². The van der Waals surface area contributed by atoms with Gasteiger partial charge in [-0.3, -0.25) is 4.79 Å². The van der Waals surface area contributed by atoms with Gasteiger partial charge in [0.05, 0.1) is 5.92 Å². The van der Waals surface area contributed by atoms with E-state index in [-0.39, 0.29) is 6.03 Å². The van der Waals surface area contributed by atoms with E-state index >= 15 is 0 Å². The van der Waals surface area contributed by atoms with Crippen molar-refractivity contribution in [1.29, 1.82) is 0 Å². The summed E-state index contributed by atoms with van der Waals surface area (Å²) in [6, 6.07) is 6.34. The Morgan fingerprint density at radius 2 is 1.94 bits per heavy atom. The molecular weight excluding hydrogens is 256 g/mol. The number of benzene rings is 1. The Labute approximate surface area is 110 Å². The van der Waals surface area contributed by atoms with Gasteiger partial charge in [-0.2, -0.15) is 0 Å². The van der Waals surface area contributed by atoms with Gasteiger partial charge < -0.3 is 15.7 Å². The summed E-state index contributed by atoms with van der Waals surface area (Å²) < 4.78 is 0. The molecule has 3 N–H and O–H groups in total. The van der Waals surface area contributed by atoms with E-state index in [1.165, 1.54) is 0 Å². The maximum Gasteiger partial charge on any atom is 0.319 e. The summed E-state index contributed by atoms with van der Waals surface area (Å²) >= 11 is 5.44. The minimum Gasteiger partial charge on any atom is -0.481 e. The van der Waals surface area contributed by atoms with Crippen molar-refractivity contribution >= 4 is 29.3 Å².